The summed E-state index contributed by atoms with van der Waals surface area (Å²) in [5.74, 6) is 0. The maximum atomic E-state index is 10.9. The van der Waals surface area contributed by atoms with Gasteiger partial charge in [-0.3, -0.25) is 20.1 Å². The third-order valence-corrected chi connectivity index (χ3v) is 2.77. The molecule has 1 fully saturated rings. The molecule has 0 N–H and O–H groups in total. The summed E-state index contributed by atoms with van der Waals surface area (Å²) in [4.78, 5) is 18.6. The van der Waals surface area contributed by atoms with Crippen molar-refractivity contribution in [1.82, 2.24) is 0 Å². The zero-order chi connectivity index (χ0) is 12.7. The largest absolute Gasteiger partial charge is 0.357 e. The minimum atomic E-state index is -0.921. The van der Waals surface area contributed by atoms with E-state index in [1.54, 1.807) is 7.05 Å². The Morgan fingerprint density at radius 2 is 2.41 bits per heavy atom. The van der Waals surface area contributed by atoms with E-state index in [1.165, 1.54) is 6.21 Å². The number of nitrogens with zero attached hydrogens (tertiary/aromatic N) is 3. The van der Waals surface area contributed by atoms with Gasteiger partial charge < -0.3 is 4.74 Å². The van der Waals surface area contributed by atoms with Gasteiger partial charge in [0.05, 0.1) is 11.9 Å². The lowest BCUT2D eigenvalue weighted by atomic mass is 10.1. The molecule has 1 heterocycles. The van der Waals surface area contributed by atoms with Crippen molar-refractivity contribution in [3.63, 3.8) is 0 Å². The molecule has 6 nitrogen and oxygen atoms in total. The lowest BCUT2D eigenvalue weighted by molar-refractivity contribution is -0.483. The average molecular weight is 241 g/mol. The van der Waals surface area contributed by atoms with Crippen LogP contribution in [0.5, 0.6) is 0 Å². The Morgan fingerprint density at radius 3 is 2.88 bits per heavy atom. The second kappa shape index (κ2) is 7.11. The Morgan fingerprint density at radius 1 is 1.65 bits per heavy atom. The molecule has 2 atom stereocenters. The second-order valence-corrected chi connectivity index (χ2v) is 3.92. The first-order valence-corrected chi connectivity index (χ1v) is 5.93. The first-order chi connectivity index (χ1) is 8.19. The van der Waals surface area contributed by atoms with E-state index in [4.69, 9.17) is 4.74 Å². The lowest BCUT2D eigenvalue weighted by Crippen LogP contribution is -2.31. The minimum absolute atomic E-state index is 0.221. The number of aliphatic imine (C=N–C) groups is 2. The van der Waals surface area contributed by atoms with Crippen LogP contribution in [0.4, 0.5) is 0 Å². The molecule has 17 heavy (non-hydrogen) atoms. The van der Waals surface area contributed by atoms with E-state index in [2.05, 4.69) is 9.98 Å². The summed E-state index contributed by atoms with van der Waals surface area (Å²) in [6, 6.07) is -0.921. The maximum Gasteiger partial charge on any atom is 0.285 e. The van der Waals surface area contributed by atoms with Crippen LogP contribution in [0.15, 0.2) is 9.98 Å². The van der Waals surface area contributed by atoms with Gasteiger partial charge in [0.15, 0.2) is 0 Å². The second-order valence-electron chi connectivity index (χ2n) is 3.92. The number of hydrogen-bond acceptors (Lipinski definition) is 5. The molecule has 2 unspecified atom stereocenters. The summed E-state index contributed by atoms with van der Waals surface area (Å²) < 4.78 is 5.39. The molecule has 0 aromatic heterocycles. The van der Waals surface area contributed by atoms with Crippen LogP contribution in [0.3, 0.4) is 0 Å². The SMILES string of the molecule is CCC(=NC)C(C=NC1CCCCO1)[N+](=O)[O-]. The van der Waals surface area contributed by atoms with Gasteiger partial charge in [-0.2, -0.15) is 0 Å². The van der Waals surface area contributed by atoms with Crippen molar-refractivity contribution in [3.05, 3.63) is 10.1 Å². The van der Waals surface area contributed by atoms with Gasteiger partial charge in [0.25, 0.3) is 6.04 Å². The van der Waals surface area contributed by atoms with Crippen molar-refractivity contribution in [2.75, 3.05) is 13.7 Å². The molecule has 0 aromatic rings. The van der Waals surface area contributed by atoms with Crippen molar-refractivity contribution < 1.29 is 9.66 Å². The normalized spacial score (nSPS) is 23.9. The Balaban J connectivity index is 2.65. The molecule has 1 rings (SSSR count). The van der Waals surface area contributed by atoms with E-state index in [0.717, 1.165) is 19.3 Å². The fraction of sp³-hybridized carbons (Fsp3) is 0.818. The molecule has 1 aliphatic heterocycles. The molecule has 0 saturated carbocycles. The standard InChI is InChI=1S/C11H19N3O3/c1-3-9(12-2)10(14(15)16)8-13-11-6-4-5-7-17-11/h8,10-11H,3-7H2,1-2H3. The third-order valence-electron chi connectivity index (χ3n) is 2.77. The van der Waals surface area contributed by atoms with Crippen LogP contribution in [-0.4, -0.2) is 42.8 Å². The monoisotopic (exact) mass is 241 g/mol. The van der Waals surface area contributed by atoms with Gasteiger partial charge in [-0.05, 0) is 25.7 Å². The fourth-order valence-electron chi connectivity index (χ4n) is 1.78. The van der Waals surface area contributed by atoms with Crippen LogP contribution in [0.25, 0.3) is 0 Å². The van der Waals surface area contributed by atoms with Crippen molar-refractivity contribution in [3.8, 4) is 0 Å². The smallest absolute Gasteiger partial charge is 0.285 e. The summed E-state index contributed by atoms with van der Waals surface area (Å²) in [7, 11) is 1.57. The highest BCUT2D eigenvalue weighted by Gasteiger charge is 2.23. The van der Waals surface area contributed by atoms with Crippen molar-refractivity contribution in [2.24, 2.45) is 9.98 Å². The minimum Gasteiger partial charge on any atom is -0.357 e. The van der Waals surface area contributed by atoms with E-state index in [-0.39, 0.29) is 11.2 Å². The van der Waals surface area contributed by atoms with E-state index in [9.17, 15) is 10.1 Å². The number of ether oxygens (including phenoxy) is 1. The Kier molecular flexibility index (Phi) is 5.76. The van der Waals surface area contributed by atoms with Crippen LogP contribution < -0.4 is 0 Å². The predicted octanol–water partition coefficient (Wildman–Crippen LogP) is 1.71. The van der Waals surface area contributed by atoms with E-state index < -0.39 is 6.04 Å². The number of rotatable bonds is 5. The summed E-state index contributed by atoms with van der Waals surface area (Å²) in [5, 5.41) is 10.9. The molecule has 1 aliphatic rings. The molecule has 0 aliphatic carbocycles. The topological polar surface area (TPSA) is 77.1 Å². The zero-order valence-electron chi connectivity index (χ0n) is 10.3. The van der Waals surface area contributed by atoms with Crippen molar-refractivity contribution in [2.45, 2.75) is 44.9 Å². The molecule has 0 radical (unpaired) electrons. The van der Waals surface area contributed by atoms with Crippen LogP contribution in [-0.2, 0) is 4.74 Å². The highest BCUT2D eigenvalue weighted by Crippen LogP contribution is 2.13. The van der Waals surface area contributed by atoms with Crippen molar-refractivity contribution in [1.29, 1.82) is 0 Å². The molecule has 6 heteroatoms. The van der Waals surface area contributed by atoms with Crippen LogP contribution in [0, 0.1) is 10.1 Å². The van der Waals surface area contributed by atoms with Gasteiger partial charge in [-0.15, -0.1) is 0 Å². The van der Waals surface area contributed by atoms with Gasteiger partial charge >= 0.3 is 0 Å². The first kappa shape index (κ1) is 13.8. The van der Waals surface area contributed by atoms with Crippen molar-refractivity contribution >= 4 is 11.9 Å². The van der Waals surface area contributed by atoms with Gasteiger partial charge in [-0.25, -0.2) is 0 Å². The maximum absolute atomic E-state index is 10.9. The van der Waals surface area contributed by atoms with Gasteiger partial charge in [-0.1, -0.05) is 6.92 Å². The lowest BCUT2D eigenvalue weighted by Gasteiger charge is -2.18. The Bertz CT molecular complexity index is 309. The van der Waals surface area contributed by atoms with Gasteiger partial charge in [0.1, 0.15) is 6.23 Å². The predicted molar refractivity (Wildman–Crippen MR) is 66.5 cm³/mol. The van der Waals surface area contributed by atoms with Gasteiger partial charge in [0.2, 0.25) is 0 Å². The summed E-state index contributed by atoms with van der Waals surface area (Å²) in [5.41, 5.74) is 0.537. The molecular weight excluding hydrogens is 222 g/mol. The van der Waals surface area contributed by atoms with Crippen LogP contribution >= 0.6 is 0 Å². The third kappa shape index (κ3) is 4.22. The summed E-state index contributed by atoms with van der Waals surface area (Å²) in [6.45, 7) is 2.54. The molecule has 96 valence electrons. The number of hydrogen-bond donors (Lipinski definition) is 0. The van der Waals surface area contributed by atoms with E-state index in [0.29, 0.717) is 18.7 Å². The summed E-state index contributed by atoms with van der Waals surface area (Å²) in [6.07, 6.45) is 4.64. The van der Waals surface area contributed by atoms with Crippen LogP contribution in [0.1, 0.15) is 32.6 Å². The fourth-order valence-corrected chi connectivity index (χ4v) is 1.78. The van der Waals surface area contributed by atoms with E-state index >= 15 is 0 Å². The highest BCUT2D eigenvalue weighted by molar-refractivity contribution is 6.00. The zero-order valence-corrected chi connectivity index (χ0v) is 10.3. The average Bonchev–Trinajstić information content (AvgIpc) is 2.35. The molecular formula is C11H19N3O3. The quantitative estimate of drug-likeness (QED) is 0.417. The number of nitro groups is 1. The molecule has 1 saturated heterocycles. The van der Waals surface area contributed by atoms with Crippen LogP contribution in [0.2, 0.25) is 0 Å². The molecule has 0 amide bonds. The molecule has 0 bridgehead atoms. The Labute approximate surface area is 101 Å². The van der Waals surface area contributed by atoms with E-state index in [1.807, 2.05) is 6.92 Å². The highest BCUT2D eigenvalue weighted by atomic mass is 16.6. The molecule has 0 aromatic carbocycles. The Hall–Kier alpha value is -1.30. The summed E-state index contributed by atoms with van der Waals surface area (Å²) >= 11 is 0. The first-order valence-electron chi connectivity index (χ1n) is 5.93. The molecule has 0 spiro atoms. The van der Waals surface area contributed by atoms with Gasteiger partial charge in [0, 0.05) is 18.6 Å².